The summed E-state index contributed by atoms with van der Waals surface area (Å²) < 4.78 is 17.1. The lowest BCUT2D eigenvalue weighted by molar-refractivity contribution is 0.0203. The molecule has 2 N–H and O–H groups in total. The number of benzene rings is 1. The van der Waals surface area contributed by atoms with Crippen LogP contribution in [0.25, 0.3) is 0 Å². The Morgan fingerprint density at radius 1 is 1.25 bits per heavy atom. The number of nitrogens with zero attached hydrogens (tertiary/aromatic N) is 1. The van der Waals surface area contributed by atoms with E-state index in [1.807, 2.05) is 13.8 Å². The van der Waals surface area contributed by atoms with Crippen LogP contribution < -0.4 is 15.4 Å². The van der Waals surface area contributed by atoms with Gasteiger partial charge in [-0.25, -0.2) is 0 Å². The molecule has 0 atom stereocenters. The lowest BCUT2D eigenvalue weighted by Gasteiger charge is -2.21. The van der Waals surface area contributed by atoms with E-state index < -0.39 is 0 Å². The van der Waals surface area contributed by atoms with E-state index in [9.17, 15) is 0 Å². The molecule has 1 saturated heterocycles. The maximum atomic E-state index is 5.94. The number of hydrogen-bond donors (Lipinski definition) is 2. The summed E-state index contributed by atoms with van der Waals surface area (Å²) in [5.41, 5.74) is 2.32. The Bertz CT molecular complexity index is 599. The Kier molecular flexibility index (Phi) is 10.1. The topological polar surface area (TPSA) is 64.1 Å². The van der Waals surface area contributed by atoms with Crippen LogP contribution in [0.3, 0.4) is 0 Å². The minimum absolute atomic E-state index is 0.152. The van der Waals surface area contributed by atoms with Crippen LogP contribution in [0.15, 0.2) is 23.2 Å². The third-order valence-corrected chi connectivity index (χ3v) is 4.71. The molecule has 1 aromatic rings. The van der Waals surface area contributed by atoms with Crippen LogP contribution >= 0.6 is 0 Å². The van der Waals surface area contributed by atoms with Crippen molar-refractivity contribution in [2.75, 3.05) is 40.0 Å². The summed E-state index contributed by atoms with van der Waals surface area (Å²) in [4.78, 5) is 4.30. The molecule has 158 valence electrons. The number of ether oxygens (including phenoxy) is 3. The highest BCUT2D eigenvalue weighted by atomic mass is 16.5. The van der Waals surface area contributed by atoms with E-state index in [-0.39, 0.29) is 6.10 Å². The van der Waals surface area contributed by atoms with Crippen molar-refractivity contribution in [3.63, 3.8) is 0 Å². The van der Waals surface area contributed by atoms with Crippen molar-refractivity contribution in [1.82, 2.24) is 10.6 Å². The van der Waals surface area contributed by atoms with E-state index in [1.54, 1.807) is 7.05 Å². The summed E-state index contributed by atoms with van der Waals surface area (Å²) in [6, 6.07) is 6.30. The highest BCUT2D eigenvalue weighted by molar-refractivity contribution is 5.79. The fraction of sp³-hybridized carbons (Fsp3) is 0.682. The number of rotatable bonds is 10. The van der Waals surface area contributed by atoms with Gasteiger partial charge in [0.25, 0.3) is 0 Å². The van der Waals surface area contributed by atoms with Crippen LogP contribution in [0, 0.1) is 12.8 Å². The Morgan fingerprint density at radius 3 is 2.75 bits per heavy atom. The zero-order valence-corrected chi connectivity index (χ0v) is 17.9. The molecular weight excluding hydrogens is 354 g/mol. The molecule has 2 rings (SSSR count). The predicted molar refractivity (Wildman–Crippen MR) is 114 cm³/mol. The quantitative estimate of drug-likeness (QED) is 0.364. The number of hydrogen-bond acceptors (Lipinski definition) is 4. The zero-order chi connectivity index (χ0) is 20.2. The molecule has 6 heteroatoms. The fourth-order valence-electron chi connectivity index (χ4n) is 3.12. The van der Waals surface area contributed by atoms with Gasteiger partial charge in [0.2, 0.25) is 0 Å². The molecule has 28 heavy (non-hydrogen) atoms. The number of aryl methyl sites for hydroxylation is 1. The minimum Gasteiger partial charge on any atom is -0.491 e. The normalized spacial score (nSPS) is 15.7. The van der Waals surface area contributed by atoms with E-state index in [0.29, 0.717) is 12.5 Å². The van der Waals surface area contributed by atoms with Gasteiger partial charge in [0.05, 0.1) is 6.10 Å². The first-order valence-electron chi connectivity index (χ1n) is 10.4. The summed E-state index contributed by atoms with van der Waals surface area (Å²) in [6.45, 7) is 11.0. The van der Waals surface area contributed by atoms with E-state index in [2.05, 4.69) is 40.7 Å². The van der Waals surface area contributed by atoms with Crippen LogP contribution in [-0.2, 0) is 16.0 Å². The van der Waals surface area contributed by atoms with Crippen molar-refractivity contribution in [2.45, 2.75) is 52.7 Å². The first-order chi connectivity index (χ1) is 13.6. The van der Waals surface area contributed by atoms with Gasteiger partial charge in [-0.05, 0) is 57.6 Å². The molecule has 0 radical (unpaired) electrons. The van der Waals surface area contributed by atoms with E-state index in [4.69, 9.17) is 14.2 Å². The minimum atomic E-state index is 0.152. The second-order valence-electron chi connectivity index (χ2n) is 7.61. The molecule has 6 nitrogen and oxygen atoms in total. The van der Waals surface area contributed by atoms with Crippen molar-refractivity contribution >= 4 is 5.96 Å². The SMILES string of the molecule is CN=C(NCCCOCC1CCOCC1)NCc1ccc(C)cc1OC(C)C. The van der Waals surface area contributed by atoms with Crippen LogP contribution in [0.5, 0.6) is 5.75 Å². The van der Waals surface area contributed by atoms with Crippen molar-refractivity contribution in [3.05, 3.63) is 29.3 Å². The number of guanidine groups is 1. The molecule has 1 aromatic carbocycles. The molecule has 0 bridgehead atoms. The second kappa shape index (κ2) is 12.6. The molecule has 0 saturated carbocycles. The first kappa shape index (κ1) is 22.5. The standard InChI is InChI=1S/C22H37N3O3/c1-17(2)28-21-14-18(3)6-7-20(21)15-25-22(23-4)24-10-5-11-27-16-19-8-12-26-13-9-19/h6-7,14,17,19H,5,8-13,15-16H2,1-4H3,(H2,23,24,25). The molecule has 1 heterocycles. The molecule has 0 spiro atoms. The summed E-state index contributed by atoms with van der Waals surface area (Å²) in [5, 5.41) is 6.71. The lowest BCUT2D eigenvalue weighted by atomic mass is 10.0. The van der Waals surface area contributed by atoms with Gasteiger partial charge in [-0.2, -0.15) is 0 Å². The molecular formula is C22H37N3O3. The van der Waals surface area contributed by atoms with Crippen LogP contribution in [0.1, 0.15) is 44.2 Å². The van der Waals surface area contributed by atoms with Crippen molar-refractivity contribution < 1.29 is 14.2 Å². The molecule has 1 fully saturated rings. The Morgan fingerprint density at radius 2 is 2.04 bits per heavy atom. The molecule has 1 aliphatic rings. The maximum Gasteiger partial charge on any atom is 0.191 e. The maximum absolute atomic E-state index is 5.94. The van der Waals surface area contributed by atoms with Crippen LogP contribution in [-0.4, -0.2) is 52.1 Å². The third kappa shape index (κ3) is 8.48. The Labute approximate surface area is 170 Å². The monoisotopic (exact) mass is 391 g/mol. The first-order valence-corrected chi connectivity index (χ1v) is 10.4. The summed E-state index contributed by atoms with van der Waals surface area (Å²) in [7, 11) is 1.79. The highest BCUT2D eigenvalue weighted by Crippen LogP contribution is 2.21. The average molecular weight is 392 g/mol. The predicted octanol–water partition coefficient (Wildman–Crippen LogP) is 3.28. The van der Waals surface area contributed by atoms with Gasteiger partial charge in [-0.3, -0.25) is 4.99 Å². The third-order valence-electron chi connectivity index (χ3n) is 4.71. The Hall–Kier alpha value is -1.79. The summed E-state index contributed by atoms with van der Waals surface area (Å²) in [5.74, 6) is 2.38. The van der Waals surface area contributed by atoms with Gasteiger partial charge in [-0.15, -0.1) is 0 Å². The zero-order valence-electron chi connectivity index (χ0n) is 17.9. The number of nitrogens with one attached hydrogen (secondary N) is 2. The smallest absolute Gasteiger partial charge is 0.191 e. The van der Waals surface area contributed by atoms with Gasteiger partial charge in [-0.1, -0.05) is 12.1 Å². The number of aliphatic imine (C=N–C) groups is 1. The largest absolute Gasteiger partial charge is 0.491 e. The lowest BCUT2D eigenvalue weighted by Crippen LogP contribution is -2.37. The summed E-state index contributed by atoms with van der Waals surface area (Å²) in [6.07, 6.45) is 3.35. The second-order valence-corrected chi connectivity index (χ2v) is 7.61. The van der Waals surface area contributed by atoms with E-state index >= 15 is 0 Å². The van der Waals surface area contributed by atoms with Crippen molar-refractivity contribution in [2.24, 2.45) is 10.9 Å². The molecule has 0 aromatic heterocycles. The highest BCUT2D eigenvalue weighted by Gasteiger charge is 2.13. The van der Waals surface area contributed by atoms with Gasteiger partial charge < -0.3 is 24.8 Å². The molecule has 0 amide bonds. The van der Waals surface area contributed by atoms with Crippen molar-refractivity contribution in [3.8, 4) is 5.75 Å². The molecule has 0 aliphatic carbocycles. The van der Waals surface area contributed by atoms with E-state index in [1.165, 1.54) is 5.56 Å². The van der Waals surface area contributed by atoms with Gasteiger partial charge in [0.15, 0.2) is 5.96 Å². The summed E-state index contributed by atoms with van der Waals surface area (Å²) >= 11 is 0. The van der Waals surface area contributed by atoms with Crippen LogP contribution in [0.4, 0.5) is 0 Å². The van der Waals surface area contributed by atoms with Gasteiger partial charge in [0, 0.05) is 52.1 Å². The van der Waals surface area contributed by atoms with Crippen molar-refractivity contribution in [1.29, 1.82) is 0 Å². The average Bonchev–Trinajstić information content (AvgIpc) is 2.68. The fourth-order valence-corrected chi connectivity index (χ4v) is 3.12. The van der Waals surface area contributed by atoms with E-state index in [0.717, 1.165) is 69.5 Å². The Balaban J connectivity index is 1.66. The molecule has 1 aliphatic heterocycles. The van der Waals surface area contributed by atoms with Gasteiger partial charge >= 0.3 is 0 Å². The van der Waals surface area contributed by atoms with Gasteiger partial charge in [0.1, 0.15) is 5.75 Å². The molecule has 0 unspecified atom stereocenters. The van der Waals surface area contributed by atoms with Crippen LogP contribution in [0.2, 0.25) is 0 Å².